The number of piperidine rings is 1. The van der Waals surface area contributed by atoms with Crippen molar-refractivity contribution < 1.29 is 4.79 Å². The van der Waals surface area contributed by atoms with Gasteiger partial charge in [0.05, 0.1) is 10.2 Å². The van der Waals surface area contributed by atoms with E-state index in [-0.39, 0.29) is 11.9 Å². The van der Waals surface area contributed by atoms with Gasteiger partial charge in [-0.3, -0.25) is 4.79 Å². The van der Waals surface area contributed by atoms with Gasteiger partial charge in [0, 0.05) is 42.5 Å². The normalized spacial score (nSPS) is 15.8. The molecule has 0 radical (unpaired) electrons. The van der Waals surface area contributed by atoms with Gasteiger partial charge in [-0.2, -0.15) is 0 Å². The van der Waals surface area contributed by atoms with E-state index in [1.165, 1.54) is 6.08 Å². The predicted octanol–water partition coefficient (Wildman–Crippen LogP) is 5.02. The van der Waals surface area contributed by atoms with Gasteiger partial charge in [0.15, 0.2) is 5.13 Å². The lowest BCUT2D eigenvalue weighted by Gasteiger charge is -2.34. The average Bonchev–Trinajstić information content (AvgIpc) is 3.43. The highest BCUT2D eigenvalue weighted by molar-refractivity contribution is 9.10. The third-order valence-corrected chi connectivity index (χ3v) is 7.44. The number of amides is 1. The molecule has 1 saturated heterocycles. The summed E-state index contributed by atoms with van der Waals surface area (Å²) in [6.07, 6.45) is 7.04. The van der Waals surface area contributed by atoms with Crippen LogP contribution in [0.5, 0.6) is 0 Å². The molecule has 0 saturated carbocycles. The lowest BCUT2D eigenvalue weighted by Crippen LogP contribution is -2.47. The van der Waals surface area contributed by atoms with E-state index in [1.54, 1.807) is 11.3 Å². The van der Waals surface area contributed by atoms with Gasteiger partial charge in [0.25, 0.3) is 0 Å². The molecule has 2 N–H and O–H groups in total. The molecule has 0 bridgehead atoms. The Balaban J connectivity index is 1.45. The largest absolute Gasteiger partial charge is 0.354 e. The van der Waals surface area contributed by atoms with E-state index < -0.39 is 0 Å². The quantitative estimate of drug-likeness (QED) is 0.313. The second-order valence-electron chi connectivity index (χ2n) is 8.58. The van der Waals surface area contributed by atoms with Gasteiger partial charge in [0.1, 0.15) is 17.5 Å². The van der Waals surface area contributed by atoms with Crippen molar-refractivity contribution in [2.45, 2.75) is 32.4 Å². The molecule has 1 atom stereocenters. The van der Waals surface area contributed by atoms with Gasteiger partial charge < -0.3 is 20.1 Å². The van der Waals surface area contributed by atoms with Gasteiger partial charge in [0.2, 0.25) is 5.91 Å². The highest BCUT2D eigenvalue weighted by atomic mass is 79.9. The molecule has 4 heterocycles. The first kappa shape index (κ1) is 23.5. The van der Waals surface area contributed by atoms with E-state index in [4.69, 9.17) is 9.97 Å². The van der Waals surface area contributed by atoms with Crippen LogP contribution < -0.4 is 15.5 Å². The molecule has 0 spiro atoms. The Morgan fingerprint density at radius 3 is 3.00 bits per heavy atom. The zero-order chi connectivity index (χ0) is 24.4. The third-order valence-electron chi connectivity index (χ3n) is 6.01. The number of aryl methyl sites for hydroxylation is 1. The van der Waals surface area contributed by atoms with Gasteiger partial charge in [-0.1, -0.05) is 33.8 Å². The molecule has 1 aliphatic rings. The number of fused-ring (bicyclic) bond motifs is 1. The number of thiazole rings is 1. The minimum absolute atomic E-state index is 0.0646. The van der Waals surface area contributed by atoms with Crippen molar-refractivity contribution in [3.63, 3.8) is 0 Å². The summed E-state index contributed by atoms with van der Waals surface area (Å²) in [5.41, 5.74) is 2.06. The predicted molar refractivity (Wildman–Crippen MR) is 144 cm³/mol. The summed E-state index contributed by atoms with van der Waals surface area (Å²) in [6.45, 7) is 7.84. The Bertz CT molecular complexity index is 1380. The number of imidazole rings is 1. The monoisotopic (exact) mass is 551 g/mol. The summed E-state index contributed by atoms with van der Waals surface area (Å²) in [7, 11) is 0. The van der Waals surface area contributed by atoms with Crippen molar-refractivity contribution in [2.24, 2.45) is 0 Å². The maximum atomic E-state index is 11.8. The van der Waals surface area contributed by atoms with Crippen molar-refractivity contribution in [3.05, 3.63) is 71.2 Å². The molecule has 1 unspecified atom stereocenters. The van der Waals surface area contributed by atoms with E-state index in [9.17, 15) is 4.79 Å². The first-order chi connectivity index (χ1) is 17.0. The molecule has 1 aliphatic heterocycles. The fraction of sp³-hybridized carbons (Fsp3) is 0.280. The van der Waals surface area contributed by atoms with Crippen LogP contribution in [0.25, 0.3) is 10.2 Å². The zero-order valence-electron chi connectivity index (χ0n) is 19.4. The van der Waals surface area contributed by atoms with Crippen molar-refractivity contribution >= 4 is 60.2 Å². The molecular formula is C25H26BrN7OS. The maximum absolute atomic E-state index is 11.8. The molecule has 5 rings (SSSR count). The van der Waals surface area contributed by atoms with Crippen LogP contribution in [0, 0.1) is 6.92 Å². The topological polar surface area (TPSA) is 88.0 Å². The smallest absolute Gasteiger partial charge is 0.243 e. The van der Waals surface area contributed by atoms with Gasteiger partial charge in [-0.25, -0.2) is 15.0 Å². The van der Waals surface area contributed by atoms with Crippen LogP contribution in [0.3, 0.4) is 0 Å². The van der Waals surface area contributed by atoms with Crippen molar-refractivity contribution in [1.82, 2.24) is 24.8 Å². The number of anilines is 3. The van der Waals surface area contributed by atoms with E-state index in [2.05, 4.69) is 65.8 Å². The van der Waals surface area contributed by atoms with Crippen LogP contribution >= 0.6 is 27.3 Å². The maximum Gasteiger partial charge on any atom is 0.243 e. The molecular weight excluding hydrogens is 526 g/mol. The molecule has 1 amide bonds. The standard InChI is InChI=1S/C25H26BrN7OS/c1-3-24(34)28-19-5-4-9-33(15-19)23-12-17(14-32-10-8-27-16(32)2)11-22(30-23)31-25-29-20-7-6-18(26)13-21(20)35-25/h3,6-8,10-13,19H,1,4-5,9,14-15H2,2H3,(H,28,34)(H,29,30,31). The number of aromatic nitrogens is 4. The Labute approximate surface area is 216 Å². The first-order valence-corrected chi connectivity index (χ1v) is 13.1. The van der Waals surface area contributed by atoms with E-state index in [0.29, 0.717) is 13.1 Å². The number of hydrogen-bond donors (Lipinski definition) is 2. The average molecular weight is 553 g/mol. The number of nitrogens with zero attached hydrogens (tertiary/aromatic N) is 5. The Kier molecular flexibility index (Phi) is 6.83. The van der Waals surface area contributed by atoms with Crippen LogP contribution in [-0.2, 0) is 11.3 Å². The van der Waals surface area contributed by atoms with Crippen molar-refractivity contribution in [2.75, 3.05) is 23.3 Å². The molecule has 4 aromatic rings. The number of nitrogens with one attached hydrogen (secondary N) is 2. The van der Waals surface area contributed by atoms with Gasteiger partial charge in [-0.15, -0.1) is 0 Å². The number of halogens is 1. The van der Waals surface area contributed by atoms with Crippen molar-refractivity contribution in [3.8, 4) is 0 Å². The number of rotatable bonds is 7. The molecule has 0 aliphatic carbocycles. The number of hydrogen-bond acceptors (Lipinski definition) is 7. The summed E-state index contributed by atoms with van der Waals surface area (Å²) in [5, 5.41) is 7.25. The third kappa shape index (κ3) is 5.54. The second kappa shape index (κ2) is 10.2. The van der Waals surface area contributed by atoms with Crippen LogP contribution in [0.1, 0.15) is 24.2 Å². The Morgan fingerprint density at radius 1 is 1.31 bits per heavy atom. The minimum Gasteiger partial charge on any atom is -0.354 e. The Hall–Kier alpha value is -3.24. The SMILES string of the molecule is C=CC(=O)NC1CCCN(c2cc(Cn3ccnc3C)cc(Nc3nc4ccc(Br)cc4s3)n2)C1. The summed E-state index contributed by atoms with van der Waals surface area (Å²) in [5.74, 6) is 2.44. The molecule has 10 heteroatoms. The lowest BCUT2D eigenvalue weighted by molar-refractivity contribution is -0.117. The molecule has 1 aromatic carbocycles. The molecule has 35 heavy (non-hydrogen) atoms. The van der Waals surface area contributed by atoms with Crippen molar-refractivity contribution in [1.29, 1.82) is 0 Å². The molecule has 1 fully saturated rings. The van der Waals surface area contributed by atoms with E-state index in [1.807, 2.05) is 31.5 Å². The molecule has 3 aromatic heterocycles. The van der Waals surface area contributed by atoms with Crippen LogP contribution in [0.15, 0.2) is 59.9 Å². The fourth-order valence-electron chi connectivity index (χ4n) is 4.28. The summed E-state index contributed by atoms with van der Waals surface area (Å²) < 4.78 is 4.24. The summed E-state index contributed by atoms with van der Waals surface area (Å²) >= 11 is 5.12. The second-order valence-corrected chi connectivity index (χ2v) is 10.5. The lowest BCUT2D eigenvalue weighted by atomic mass is 10.1. The number of carbonyl (C=O) groups is 1. The van der Waals surface area contributed by atoms with Crippen LogP contribution in [0.4, 0.5) is 16.8 Å². The Morgan fingerprint density at radius 2 is 2.20 bits per heavy atom. The highest BCUT2D eigenvalue weighted by Crippen LogP contribution is 2.31. The summed E-state index contributed by atoms with van der Waals surface area (Å²) in [6, 6.07) is 10.3. The number of pyridine rings is 1. The zero-order valence-corrected chi connectivity index (χ0v) is 21.8. The fourth-order valence-corrected chi connectivity index (χ4v) is 5.71. The highest BCUT2D eigenvalue weighted by Gasteiger charge is 2.23. The van der Waals surface area contributed by atoms with Crippen LogP contribution in [0.2, 0.25) is 0 Å². The number of benzene rings is 1. The minimum atomic E-state index is -0.140. The van der Waals surface area contributed by atoms with E-state index in [0.717, 1.165) is 62.2 Å². The molecule has 8 nitrogen and oxygen atoms in total. The van der Waals surface area contributed by atoms with Gasteiger partial charge in [-0.05, 0) is 61.7 Å². The summed E-state index contributed by atoms with van der Waals surface area (Å²) in [4.78, 5) is 28.1. The molecule has 180 valence electrons. The van der Waals surface area contributed by atoms with Crippen LogP contribution in [-0.4, -0.2) is 44.6 Å². The first-order valence-electron chi connectivity index (χ1n) is 11.5. The van der Waals surface area contributed by atoms with E-state index >= 15 is 0 Å². The number of carbonyl (C=O) groups excluding carboxylic acids is 1. The van der Waals surface area contributed by atoms with Gasteiger partial charge >= 0.3 is 0 Å².